The van der Waals surface area contributed by atoms with Crippen LogP contribution in [0.15, 0.2) is 0 Å². The topological polar surface area (TPSA) is 47.4 Å². The molecule has 0 saturated carbocycles. The van der Waals surface area contributed by atoms with E-state index >= 15 is 0 Å². The van der Waals surface area contributed by atoms with Gasteiger partial charge in [0, 0.05) is 13.1 Å². The predicted octanol–water partition coefficient (Wildman–Crippen LogP) is 1.79. The minimum absolute atomic E-state index is 0.0595. The van der Waals surface area contributed by atoms with Crippen LogP contribution in [-0.4, -0.2) is 45.9 Å². The fraction of sp³-hybridized carbons (Fsp3) is 0.692. The number of rotatable bonds is 2. The number of nitrogens with zero attached hydrogens (tertiary/aromatic N) is 3. The molecular formula is C13H20ClN3O2. The van der Waals surface area contributed by atoms with Gasteiger partial charge in [-0.25, -0.2) is 0 Å². The Morgan fingerprint density at radius 1 is 1.37 bits per heavy atom. The van der Waals surface area contributed by atoms with Gasteiger partial charge in [-0.05, 0) is 27.7 Å². The van der Waals surface area contributed by atoms with Crippen molar-refractivity contribution in [1.82, 2.24) is 14.7 Å². The molecule has 6 heteroatoms. The van der Waals surface area contributed by atoms with Crippen LogP contribution in [0.3, 0.4) is 0 Å². The number of aromatic nitrogens is 2. The predicted molar refractivity (Wildman–Crippen MR) is 73.3 cm³/mol. The number of hydrogen-bond acceptors (Lipinski definition) is 3. The first kappa shape index (κ1) is 14.3. The molecule has 1 aromatic rings. The second-order valence-corrected chi connectivity index (χ2v) is 5.58. The summed E-state index contributed by atoms with van der Waals surface area (Å²) in [7, 11) is 0. The molecule has 106 valence electrons. The van der Waals surface area contributed by atoms with Crippen molar-refractivity contribution in [2.45, 2.75) is 46.4 Å². The van der Waals surface area contributed by atoms with Gasteiger partial charge in [0.15, 0.2) is 0 Å². The molecule has 2 atom stereocenters. The van der Waals surface area contributed by atoms with Gasteiger partial charge in [-0.1, -0.05) is 11.6 Å². The number of aryl methyl sites for hydroxylation is 1. The van der Waals surface area contributed by atoms with Gasteiger partial charge in [0.05, 0.1) is 28.6 Å². The summed E-state index contributed by atoms with van der Waals surface area (Å²) in [6, 6.07) is 0. The first-order chi connectivity index (χ1) is 8.88. The number of hydrogen-bond donors (Lipinski definition) is 0. The van der Waals surface area contributed by atoms with Crippen molar-refractivity contribution < 1.29 is 9.53 Å². The van der Waals surface area contributed by atoms with Gasteiger partial charge in [0.25, 0.3) is 0 Å². The lowest BCUT2D eigenvalue weighted by Gasteiger charge is -2.35. The largest absolute Gasteiger partial charge is 0.372 e. The number of carbonyl (C=O) groups excluding carboxylic acids is 1. The molecule has 1 saturated heterocycles. The van der Waals surface area contributed by atoms with Crippen LogP contribution in [0.1, 0.15) is 25.2 Å². The average Bonchev–Trinajstić information content (AvgIpc) is 2.56. The Kier molecular flexibility index (Phi) is 4.16. The van der Waals surface area contributed by atoms with Crippen LogP contribution in [-0.2, 0) is 16.1 Å². The summed E-state index contributed by atoms with van der Waals surface area (Å²) in [5.41, 5.74) is 1.59. The van der Waals surface area contributed by atoms with Crippen LogP contribution in [0.4, 0.5) is 0 Å². The smallest absolute Gasteiger partial charge is 0.244 e. The van der Waals surface area contributed by atoms with Gasteiger partial charge in [-0.2, -0.15) is 5.10 Å². The van der Waals surface area contributed by atoms with Gasteiger partial charge >= 0.3 is 0 Å². The molecule has 1 fully saturated rings. The fourth-order valence-electron chi connectivity index (χ4n) is 2.44. The van der Waals surface area contributed by atoms with Crippen molar-refractivity contribution in [3.8, 4) is 0 Å². The molecule has 0 N–H and O–H groups in total. The minimum Gasteiger partial charge on any atom is -0.372 e. The molecule has 1 aromatic heterocycles. The van der Waals surface area contributed by atoms with Crippen molar-refractivity contribution in [2.24, 2.45) is 0 Å². The van der Waals surface area contributed by atoms with Crippen molar-refractivity contribution in [3.05, 3.63) is 16.4 Å². The standard InChI is InChI=1S/C13H20ClN3O2/c1-8-5-16(6-9(2)19-8)12(18)7-17-11(4)13(14)10(3)15-17/h8-9H,5-7H2,1-4H3/t8-,9-/m0/s1. The highest BCUT2D eigenvalue weighted by molar-refractivity contribution is 6.31. The molecule has 0 aliphatic carbocycles. The van der Waals surface area contributed by atoms with E-state index in [0.717, 1.165) is 11.4 Å². The van der Waals surface area contributed by atoms with Gasteiger partial charge in [0.2, 0.25) is 5.91 Å². The summed E-state index contributed by atoms with van der Waals surface area (Å²) < 4.78 is 7.30. The third-order valence-corrected chi connectivity index (χ3v) is 3.90. The Hall–Kier alpha value is -1.07. The lowest BCUT2D eigenvalue weighted by molar-refractivity contribution is -0.144. The highest BCUT2D eigenvalue weighted by atomic mass is 35.5. The molecule has 0 unspecified atom stereocenters. The van der Waals surface area contributed by atoms with E-state index in [-0.39, 0.29) is 24.7 Å². The van der Waals surface area contributed by atoms with Crippen LogP contribution < -0.4 is 0 Å². The summed E-state index contributed by atoms with van der Waals surface area (Å²) in [5, 5.41) is 4.92. The molecule has 2 rings (SSSR count). The highest BCUT2D eigenvalue weighted by Gasteiger charge is 2.26. The van der Waals surface area contributed by atoms with Crippen LogP contribution in [0.5, 0.6) is 0 Å². The number of ether oxygens (including phenoxy) is 1. The maximum Gasteiger partial charge on any atom is 0.244 e. The van der Waals surface area contributed by atoms with E-state index in [1.54, 1.807) is 4.68 Å². The van der Waals surface area contributed by atoms with Crippen molar-refractivity contribution in [3.63, 3.8) is 0 Å². The second kappa shape index (κ2) is 5.51. The highest BCUT2D eigenvalue weighted by Crippen LogP contribution is 2.19. The number of morpholine rings is 1. The summed E-state index contributed by atoms with van der Waals surface area (Å²) in [5.74, 6) is 0.0595. The van der Waals surface area contributed by atoms with Gasteiger partial charge < -0.3 is 9.64 Å². The summed E-state index contributed by atoms with van der Waals surface area (Å²) in [4.78, 5) is 14.1. The van der Waals surface area contributed by atoms with Crippen LogP contribution >= 0.6 is 11.6 Å². The quantitative estimate of drug-likeness (QED) is 0.832. The van der Waals surface area contributed by atoms with E-state index in [1.807, 2.05) is 32.6 Å². The second-order valence-electron chi connectivity index (χ2n) is 5.20. The summed E-state index contributed by atoms with van der Waals surface area (Å²) in [6.45, 7) is 9.19. The Balaban J connectivity index is 2.06. The number of amides is 1. The summed E-state index contributed by atoms with van der Waals surface area (Å²) >= 11 is 6.09. The molecule has 0 radical (unpaired) electrons. The molecule has 2 heterocycles. The average molecular weight is 286 g/mol. The van der Waals surface area contributed by atoms with Gasteiger partial charge in [-0.3, -0.25) is 9.48 Å². The van der Waals surface area contributed by atoms with Crippen LogP contribution in [0, 0.1) is 13.8 Å². The zero-order chi connectivity index (χ0) is 14.2. The first-order valence-corrected chi connectivity index (χ1v) is 6.89. The Morgan fingerprint density at radius 2 is 1.95 bits per heavy atom. The Bertz CT molecular complexity index is 476. The van der Waals surface area contributed by atoms with Gasteiger partial charge in [0.1, 0.15) is 6.54 Å². The molecule has 1 aliphatic rings. The third kappa shape index (κ3) is 3.09. The first-order valence-electron chi connectivity index (χ1n) is 6.51. The normalized spacial score (nSPS) is 23.7. The maximum atomic E-state index is 12.3. The lowest BCUT2D eigenvalue weighted by Crippen LogP contribution is -2.49. The van der Waals surface area contributed by atoms with E-state index in [4.69, 9.17) is 16.3 Å². The van der Waals surface area contributed by atoms with Crippen molar-refractivity contribution >= 4 is 17.5 Å². The Morgan fingerprint density at radius 3 is 2.42 bits per heavy atom. The molecule has 0 spiro atoms. The van der Waals surface area contributed by atoms with E-state index in [1.165, 1.54) is 0 Å². The molecule has 0 bridgehead atoms. The number of carbonyl (C=O) groups is 1. The van der Waals surface area contributed by atoms with Crippen LogP contribution in [0.2, 0.25) is 5.02 Å². The molecule has 1 amide bonds. The fourth-order valence-corrected chi connectivity index (χ4v) is 2.57. The molecule has 5 nitrogen and oxygen atoms in total. The molecule has 1 aliphatic heterocycles. The van der Waals surface area contributed by atoms with E-state index in [0.29, 0.717) is 18.1 Å². The maximum absolute atomic E-state index is 12.3. The molecule has 19 heavy (non-hydrogen) atoms. The van der Waals surface area contributed by atoms with Crippen molar-refractivity contribution in [2.75, 3.05) is 13.1 Å². The summed E-state index contributed by atoms with van der Waals surface area (Å²) in [6.07, 6.45) is 0.161. The monoisotopic (exact) mass is 285 g/mol. The van der Waals surface area contributed by atoms with Crippen molar-refractivity contribution in [1.29, 1.82) is 0 Å². The lowest BCUT2D eigenvalue weighted by atomic mass is 10.2. The van der Waals surface area contributed by atoms with E-state index < -0.39 is 0 Å². The van der Waals surface area contributed by atoms with E-state index in [9.17, 15) is 4.79 Å². The number of halogens is 1. The third-order valence-electron chi connectivity index (χ3n) is 3.35. The zero-order valence-corrected chi connectivity index (χ0v) is 12.6. The molecule has 0 aromatic carbocycles. The van der Waals surface area contributed by atoms with Gasteiger partial charge in [-0.15, -0.1) is 0 Å². The zero-order valence-electron chi connectivity index (χ0n) is 11.8. The molecular weight excluding hydrogens is 266 g/mol. The minimum atomic E-state index is 0.0595. The van der Waals surface area contributed by atoms with E-state index in [2.05, 4.69) is 5.10 Å². The SMILES string of the molecule is Cc1nn(CC(=O)N2C[C@H](C)O[C@@H](C)C2)c(C)c1Cl. The van der Waals surface area contributed by atoms with Crippen LogP contribution in [0.25, 0.3) is 0 Å². The Labute approximate surface area is 118 Å².